The van der Waals surface area contributed by atoms with Gasteiger partial charge in [-0.2, -0.15) is 0 Å². The molecule has 1 heterocycles. The van der Waals surface area contributed by atoms with Gasteiger partial charge in [-0.1, -0.05) is 6.42 Å². The average Bonchev–Trinajstić information content (AvgIpc) is 2.27. The molecule has 0 aliphatic carbocycles. The van der Waals surface area contributed by atoms with Gasteiger partial charge in [-0.3, -0.25) is 4.79 Å². The number of carbonyl (C=O) groups excluding carboxylic acids is 1. The summed E-state index contributed by atoms with van der Waals surface area (Å²) in [6.07, 6.45) is 3.25. The third-order valence-electron chi connectivity index (χ3n) is 2.29. The van der Waals surface area contributed by atoms with Crippen LogP contribution in [-0.2, 0) is 9.53 Å². The third-order valence-corrected chi connectivity index (χ3v) is 2.29. The van der Waals surface area contributed by atoms with Gasteiger partial charge in [0.25, 0.3) is 0 Å². The Bertz CT molecular complexity index is 188. The summed E-state index contributed by atoms with van der Waals surface area (Å²) >= 11 is 0. The number of hydrogen-bond donors (Lipinski definition) is 1. The molecule has 0 spiro atoms. The van der Waals surface area contributed by atoms with Crippen molar-refractivity contribution in [2.75, 3.05) is 13.1 Å². The van der Waals surface area contributed by atoms with E-state index in [-0.39, 0.29) is 17.5 Å². The van der Waals surface area contributed by atoms with Gasteiger partial charge in [0.2, 0.25) is 0 Å². The first-order chi connectivity index (χ1) is 6.49. The first-order valence-electron chi connectivity index (χ1n) is 5.42. The highest BCUT2D eigenvalue weighted by molar-refractivity contribution is 5.73. The lowest BCUT2D eigenvalue weighted by atomic mass is 10.0. The van der Waals surface area contributed by atoms with Crippen molar-refractivity contribution in [1.29, 1.82) is 0 Å². The summed E-state index contributed by atoms with van der Waals surface area (Å²) in [6.45, 7) is 7.54. The Morgan fingerprint density at radius 1 is 1.36 bits per heavy atom. The van der Waals surface area contributed by atoms with Crippen LogP contribution in [0.2, 0.25) is 0 Å². The van der Waals surface area contributed by atoms with Gasteiger partial charge >= 0.3 is 5.97 Å². The lowest BCUT2D eigenvalue weighted by Crippen LogP contribution is -2.33. The highest BCUT2D eigenvalue weighted by Gasteiger charge is 2.25. The molecule has 0 radical (unpaired) electrons. The van der Waals surface area contributed by atoms with E-state index >= 15 is 0 Å². The predicted molar refractivity (Wildman–Crippen MR) is 56.1 cm³/mol. The molecule has 0 saturated carbocycles. The third kappa shape index (κ3) is 4.09. The van der Waals surface area contributed by atoms with E-state index in [9.17, 15) is 4.79 Å². The van der Waals surface area contributed by atoms with Gasteiger partial charge in [-0.05, 0) is 40.2 Å². The molecule has 3 nitrogen and oxygen atoms in total. The highest BCUT2D eigenvalue weighted by atomic mass is 16.6. The van der Waals surface area contributed by atoms with Crippen molar-refractivity contribution in [1.82, 2.24) is 5.32 Å². The predicted octanol–water partition coefficient (Wildman–Crippen LogP) is 1.72. The van der Waals surface area contributed by atoms with Gasteiger partial charge in [-0.25, -0.2) is 0 Å². The van der Waals surface area contributed by atoms with Gasteiger partial charge in [-0.15, -0.1) is 0 Å². The van der Waals surface area contributed by atoms with Crippen LogP contribution < -0.4 is 5.32 Å². The minimum absolute atomic E-state index is 0.0492. The van der Waals surface area contributed by atoms with Crippen LogP contribution in [0.5, 0.6) is 0 Å². The maximum atomic E-state index is 11.7. The van der Waals surface area contributed by atoms with Gasteiger partial charge in [0.05, 0.1) is 5.92 Å². The summed E-state index contributed by atoms with van der Waals surface area (Å²) in [7, 11) is 0. The molecule has 1 N–H and O–H groups in total. The van der Waals surface area contributed by atoms with Crippen LogP contribution in [-0.4, -0.2) is 24.7 Å². The lowest BCUT2D eigenvalue weighted by Gasteiger charge is -2.23. The van der Waals surface area contributed by atoms with Crippen LogP contribution in [0.15, 0.2) is 0 Å². The summed E-state index contributed by atoms with van der Waals surface area (Å²) in [6, 6.07) is 0. The summed E-state index contributed by atoms with van der Waals surface area (Å²) in [4.78, 5) is 11.7. The number of ether oxygens (including phenoxy) is 1. The number of esters is 1. The summed E-state index contributed by atoms with van der Waals surface area (Å²) < 4.78 is 5.35. The van der Waals surface area contributed by atoms with E-state index in [1.54, 1.807) is 0 Å². The second kappa shape index (κ2) is 4.78. The van der Waals surface area contributed by atoms with Crippen LogP contribution in [0.1, 0.15) is 40.0 Å². The molecule has 1 aliphatic heterocycles. The van der Waals surface area contributed by atoms with Crippen molar-refractivity contribution < 1.29 is 9.53 Å². The zero-order valence-electron chi connectivity index (χ0n) is 9.43. The van der Waals surface area contributed by atoms with Crippen LogP contribution in [0.4, 0.5) is 0 Å². The molecule has 0 aromatic carbocycles. The molecule has 0 aromatic heterocycles. The van der Waals surface area contributed by atoms with Gasteiger partial charge in [0.1, 0.15) is 5.60 Å². The minimum Gasteiger partial charge on any atom is -0.460 e. The van der Waals surface area contributed by atoms with Gasteiger partial charge in [0, 0.05) is 6.54 Å². The van der Waals surface area contributed by atoms with Crippen molar-refractivity contribution in [3.8, 4) is 0 Å². The second-order valence-electron chi connectivity index (χ2n) is 4.93. The van der Waals surface area contributed by atoms with Crippen LogP contribution in [0.25, 0.3) is 0 Å². The van der Waals surface area contributed by atoms with E-state index in [0.29, 0.717) is 0 Å². The summed E-state index contributed by atoms with van der Waals surface area (Å²) in [5.74, 6) is 0.00336. The highest BCUT2D eigenvalue weighted by Crippen LogP contribution is 2.17. The average molecular weight is 199 g/mol. The molecule has 1 saturated heterocycles. The normalized spacial score (nSPS) is 24.1. The fourth-order valence-electron chi connectivity index (χ4n) is 1.61. The Hall–Kier alpha value is -0.570. The summed E-state index contributed by atoms with van der Waals surface area (Å²) in [5.41, 5.74) is -0.358. The fraction of sp³-hybridized carbons (Fsp3) is 0.909. The Morgan fingerprint density at radius 3 is 2.71 bits per heavy atom. The SMILES string of the molecule is CC(C)(C)OC(=O)C1CCCCNC1. The first kappa shape index (κ1) is 11.5. The molecule has 1 rings (SSSR count). The first-order valence-corrected chi connectivity index (χ1v) is 5.42. The molecular formula is C11H21NO2. The van der Waals surface area contributed by atoms with Crippen molar-refractivity contribution in [2.24, 2.45) is 5.92 Å². The van der Waals surface area contributed by atoms with Crippen molar-refractivity contribution in [2.45, 2.75) is 45.6 Å². The number of hydrogen-bond acceptors (Lipinski definition) is 3. The number of nitrogens with one attached hydrogen (secondary N) is 1. The van der Waals surface area contributed by atoms with E-state index in [1.807, 2.05) is 20.8 Å². The number of rotatable bonds is 1. The van der Waals surface area contributed by atoms with Crippen molar-refractivity contribution in [3.63, 3.8) is 0 Å². The maximum absolute atomic E-state index is 11.7. The summed E-state index contributed by atoms with van der Waals surface area (Å²) in [5, 5.41) is 3.26. The molecule has 0 amide bonds. The quantitative estimate of drug-likeness (QED) is 0.653. The van der Waals surface area contributed by atoms with E-state index in [0.717, 1.165) is 25.9 Å². The molecule has 0 bridgehead atoms. The molecule has 1 aliphatic rings. The standard InChI is InChI=1S/C11H21NO2/c1-11(2,3)14-10(13)9-6-4-5-7-12-8-9/h9,12H,4-8H2,1-3H3. The topological polar surface area (TPSA) is 38.3 Å². The van der Waals surface area contributed by atoms with Gasteiger partial charge < -0.3 is 10.1 Å². The monoisotopic (exact) mass is 199 g/mol. The van der Waals surface area contributed by atoms with Crippen molar-refractivity contribution >= 4 is 5.97 Å². The Kier molecular flexibility index (Phi) is 3.93. The van der Waals surface area contributed by atoms with E-state index in [1.165, 1.54) is 6.42 Å². The van der Waals surface area contributed by atoms with Crippen LogP contribution >= 0.6 is 0 Å². The molecule has 0 aromatic rings. The Labute approximate surface area is 86.2 Å². The second-order valence-corrected chi connectivity index (χ2v) is 4.93. The van der Waals surface area contributed by atoms with E-state index in [2.05, 4.69) is 5.32 Å². The minimum atomic E-state index is -0.358. The fourth-order valence-corrected chi connectivity index (χ4v) is 1.61. The number of carbonyl (C=O) groups is 1. The van der Waals surface area contributed by atoms with E-state index in [4.69, 9.17) is 4.74 Å². The molecule has 14 heavy (non-hydrogen) atoms. The van der Waals surface area contributed by atoms with Crippen molar-refractivity contribution in [3.05, 3.63) is 0 Å². The molecule has 1 atom stereocenters. The zero-order valence-corrected chi connectivity index (χ0v) is 9.43. The van der Waals surface area contributed by atoms with E-state index < -0.39 is 0 Å². The van der Waals surface area contributed by atoms with Crippen LogP contribution in [0.3, 0.4) is 0 Å². The zero-order chi connectivity index (χ0) is 10.6. The molecule has 1 fully saturated rings. The maximum Gasteiger partial charge on any atom is 0.310 e. The molecule has 82 valence electrons. The Balaban J connectivity index is 2.42. The largest absolute Gasteiger partial charge is 0.460 e. The Morgan fingerprint density at radius 2 is 2.07 bits per heavy atom. The molecule has 3 heteroatoms. The molecule has 1 unspecified atom stereocenters. The lowest BCUT2D eigenvalue weighted by molar-refractivity contribution is -0.159. The van der Waals surface area contributed by atoms with Crippen LogP contribution in [0, 0.1) is 5.92 Å². The smallest absolute Gasteiger partial charge is 0.310 e. The molecular weight excluding hydrogens is 178 g/mol. The van der Waals surface area contributed by atoms with Gasteiger partial charge in [0.15, 0.2) is 0 Å².